The molecular formula is C21H20Br3P. The molecule has 3 aromatic rings. The van der Waals surface area contributed by atoms with E-state index in [0.717, 1.165) is 11.5 Å². The first-order valence-corrected chi connectivity index (χ1v) is 14.7. The molecule has 0 amide bonds. The second-order valence-corrected chi connectivity index (χ2v) is 17.0. The van der Waals surface area contributed by atoms with E-state index in [1.165, 1.54) is 15.9 Å². The summed E-state index contributed by atoms with van der Waals surface area (Å²) < 4.78 is 0. The Morgan fingerprint density at radius 1 is 0.640 bits per heavy atom. The SMILES string of the molecule is BrCC(Br)CP(Br)(c1ccccc1)(c1ccccc1)c1ccccc1. The second kappa shape index (κ2) is 8.05. The molecule has 0 saturated carbocycles. The van der Waals surface area contributed by atoms with Crippen molar-refractivity contribution in [1.82, 2.24) is 0 Å². The quantitative estimate of drug-likeness (QED) is 0.265. The molecule has 0 aliphatic carbocycles. The van der Waals surface area contributed by atoms with Crippen molar-refractivity contribution in [1.29, 1.82) is 0 Å². The monoisotopic (exact) mass is 540 g/mol. The maximum atomic E-state index is 4.44. The van der Waals surface area contributed by atoms with Crippen LogP contribution in [0.4, 0.5) is 0 Å². The first-order chi connectivity index (χ1) is 12.1. The van der Waals surface area contributed by atoms with E-state index in [0.29, 0.717) is 4.83 Å². The van der Waals surface area contributed by atoms with Gasteiger partial charge in [0.1, 0.15) is 0 Å². The van der Waals surface area contributed by atoms with Crippen LogP contribution in [-0.4, -0.2) is 16.3 Å². The Bertz CT molecular complexity index is 707. The molecular weight excluding hydrogens is 523 g/mol. The van der Waals surface area contributed by atoms with E-state index in [2.05, 4.69) is 138 Å². The van der Waals surface area contributed by atoms with Crippen LogP contribution < -0.4 is 15.9 Å². The molecule has 0 aliphatic heterocycles. The Kier molecular flexibility index (Phi) is 6.21. The molecule has 3 aromatic carbocycles. The number of halogens is 3. The first kappa shape index (κ1) is 19.3. The Morgan fingerprint density at radius 2 is 0.960 bits per heavy atom. The fourth-order valence-electron chi connectivity index (χ4n) is 3.40. The Labute approximate surface area is 175 Å². The van der Waals surface area contributed by atoms with Gasteiger partial charge in [0, 0.05) is 0 Å². The van der Waals surface area contributed by atoms with Gasteiger partial charge in [0.05, 0.1) is 0 Å². The van der Waals surface area contributed by atoms with Crippen LogP contribution in [0.15, 0.2) is 91.0 Å². The minimum atomic E-state index is -2.78. The number of hydrogen-bond donors (Lipinski definition) is 0. The molecule has 3 rings (SSSR count). The molecule has 0 bridgehead atoms. The van der Waals surface area contributed by atoms with Crippen molar-refractivity contribution in [2.75, 3.05) is 11.5 Å². The zero-order chi connectivity index (χ0) is 17.8. The second-order valence-electron chi connectivity index (χ2n) is 6.12. The molecule has 0 nitrogen and oxygen atoms in total. The maximum absolute atomic E-state index is 4.44. The fraction of sp³-hybridized carbons (Fsp3) is 0.143. The van der Waals surface area contributed by atoms with Crippen molar-refractivity contribution < 1.29 is 0 Å². The normalized spacial score (nSPS) is 14.4. The molecule has 130 valence electrons. The van der Waals surface area contributed by atoms with E-state index in [-0.39, 0.29) is 0 Å². The summed E-state index contributed by atoms with van der Waals surface area (Å²) in [6.07, 6.45) is 0.995. The summed E-state index contributed by atoms with van der Waals surface area (Å²) >= 11 is 12.0. The Hall–Kier alpha value is -0.470. The van der Waals surface area contributed by atoms with E-state index in [1.807, 2.05) is 0 Å². The number of rotatable bonds is 6. The third-order valence-electron chi connectivity index (χ3n) is 4.59. The van der Waals surface area contributed by atoms with Crippen LogP contribution in [-0.2, 0) is 0 Å². The van der Waals surface area contributed by atoms with E-state index in [1.54, 1.807) is 0 Å². The van der Waals surface area contributed by atoms with Crippen molar-refractivity contribution in [3.8, 4) is 0 Å². The van der Waals surface area contributed by atoms with Gasteiger partial charge < -0.3 is 0 Å². The summed E-state index contributed by atoms with van der Waals surface area (Å²) in [4.78, 5) is 0.352. The molecule has 1 unspecified atom stereocenters. The van der Waals surface area contributed by atoms with Crippen molar-refractivity contribution in [3.05, 3.63) is 91.0 Å². The van der Waals surface area contributed by atoms with Gasteiger partial charge in [-0.05, 0) is 0 Å². The molecule has 1 atom stereocenters. The molecule has 4 heteroatoms. The zero-order valence-electron chi connectivity index (χ0n) is 13.7. The van der Waals surface area contributed by atoms with Crippen molar-refractivity contribution in [2.45, 2.75) is 4.83 Å². The van der Waals surface area contributed by atoms with Gasteiger partial charge >= 0.3 is 176 Å². The number of hydrogen-bond acceptors (Lipinski definition) is 0. The van der Waals surface area contributed by atoms with Crippen LogP contribution in [0.2, 0.25) is 0 Å². The number of benzene rings is 3. The van der Waals surface area contributed by atoms with Crippen LogP contribution in [0.3, 0.4) is 0 Å². The summed E-state index contributed by atoms with van der Waals surface area (Å²) in [5.41, 5.74) is 0. The van der Waals surface area contributed by atoms with Crippen LogP contribution in [0, 0.1) is 0 Å². The van der Waals surface area contributed by atoms with E-state index in [4.69, 9.17) is 0 Å². The summed E-state index contributed by atoms with van der Waals surface area (Å²) in [5, 5.41) is 2.20. The molecule has 25 heavy (non-hydrogen) atoms. The van der Waals surface area contributed by atoms with Crippen LogP contribution in [0.1, 0.15) is 0 Å². The van der Waals surface area contributed by atoms with Gasteiger partial charge in [-0.2, -0.15) is 0 Å². The predicted molar refractivity (Wildman–Crippen MR) is 125 cm³/mol. The van der Waals surface area contributed by atoms with E-state index in [9.17, 15) is 0 Å². The molecule has 0 radical (unpaired) electrons. The topological polar surface area (TPSA) is 0 Å². The average Bonchev–Trinajstić information content (AvgIpc) is 2.70. The van der Waals surface area contributed by atoms with Gasteiger partial charge in [0.15, 0.2) is 0 Å². The van der Waals surface area contributed by atoms with Crippen LogP contribution in [0.5, 0.6) is 0 Å². The van der Waals surface area contributed by atoms with Crippen molar-refractivity contribution in [3.63, 3.8) is 0 Å². The van der Waals surface area contributed by atoms with Crippen LogP contribution >= 0.6 is 52.7 Å². The summed E-state index contributed by atoms with van der Waals surface area (Å²) in [5.74, 6) is 0. The molecule has 0 aromatic heterocycles. The Morgan fingerprint density at radius 3 is 1.24 bits per heavy atom. The van der Waals surface area contributed by atoms with Crippen molar-refractivity contribution >= 4 is 68.6 Å². The molecule has 0 N–H and O–H groups in total. The Balaban J connectivity index is 2.40. The van der Waals surface area contributed by atoms with Crippen LogP contribution in [0.25, 0.3) is 0 Å². The number of alkyl halides is 2. The van der Waals surface area contributed by atoms with E-state index < -0.39 is 5.31 Å². The first-order valence-electron chi connectivity index (χ1n) is 8.19. The zero-order valence-corrected chi connectivity index (χ0v) is 19.4. The van der Waals surface area contributed by atoms with Gasteiger partial charge in [-0.1, -0.05) is 0 Å². The molecule has 0 aliphatic rings. The van der Waals surface area contributed by atoms with E-state index >= 15 is 0 Å². The van der Waals surface area contributed by atoms with Gasteiger partial charge in [0.25, 0.3) is 0 Å². The summed E-state index contributed by atoms with van der Waals surface area (Å²) in [7, 11) is 0. The fourth-order valence-corrected chi connectivity index (χ4v) is 14.8. The summed E-state index contributed by atoms with van der Waals surface area (Å²) in [6, 6.07) is 32.7. The standard InChI is InChI=1S/C21H20Br3P/c22-16-18(23)17-25(24,19-10-4-1-5-11-19,20-12-6-2-7-13-20)21-14-8-3-9-15-21/h1-15,18H,16-17H2. The predicted octanol–water partition coefficient (Wildman–Crippen LogP) is 5.98. The van der Waals surface area contributed by atoms with Gasteiger partial charge in [-0.3, -0.25) is 0 Å². The third-order valence-corrected chi connectivity index (χ3v) is 17.2. The van der Waals surface area contributed by atoms with Gasteiger partial charge in [-0.15, -0.1) is 0 Å². The minimum absolute atomic E-state index is 0.352. The van der Waals surface area contributed by atoms with Gasteiger partial charge in [-0.25, -0.2) is 0 Å². The molecule has 0 fully saturated rings. The van der Waals surface area contributed by atoms with Gasteiger partial charge in [0.2, 0.25) is 0 Å². The molecule has 0 saturated heterocycles. The van der Waals surface area contributed by atoms with Crippen molar-refractivity contribution in [2.24, 2.45) is 0 Å². The molecule has 0 heterocycles. The third kappa shape index (κ3) is 3.54. The summed E-state index contributed by atoms with van der Waals surface area (Å²) in [6.45, 7) is 0. The average molecular weight is 543 g/mol. The molecule has 0 spiro atoms.